The molecule has 1 saturated heterocycles. The van der Waals surface area contributed by atoms with Gasteiger partial charge in [-0.15, -0.1) is 0 Å². The SMILES string of the molecule is Cc1ccc(OCCC(=O)N2CCC(CN)C2)cc1C. The molecule has 1 aliphatic heterocycles. The lowest BCUT2D eigenvalue weighted by molar-refractivity contribution is -0.130. The van der Waals surface area contributed by atoms with Gasteiger partial charge in [0.15, 0.2) is 0 Å². The van der Waals surface area contributed by atoms with Gasteiger partial charge in [-0.3, -0.25) is 4.79 Å². The van der Waals surface area contributed by atoms with E-state index in [1.165, 1.54) is 11.1 Å². The predicted molar refractivity (Wildman–Crippen MR) is 79.8 cm³/mol. The number of hydrogen-bond donors (Lipinski definition) is 1. The van der Waals surface area contributed by atoms with Crippen molar-refractivity contribution < 1.29 is 9.53 Å². The summed E-state index contributed by atoms with van der Waals surface area (Å²) in [6.45, 7) is 6.88. The number of nitrogens with zero attached hydrogens (tertiary/aromatic N) is 1. The van der Waals surface area contributed by atoms with Crippen LogP contribution in [-0.2, 0) is 4.79 Å². The number of nitrogens with two attached hydrogens (primary N) is 1. The molecule has 0 radical (unpaired) electrons. The quantitative estimate of drug-likeness (QED) is 0.893. The third kappa shape index (κ3) is 3.73. The van der Waals surface area contributed by atoms with Crippen LogP contribution in [0.2, 0.25) is 0 Å². The van der Waals surface area contributed by atoms with Gasteiger partial charge in [-0.2, -0.15) is 0 Å². The van der Waals surface area contributed by atoms with E-state index < -0.39 is 0 Å². The van der Waals surface area contributed by atoms with E-state index in [0.717, 1.165) is 25.3 Å². The molecular formula is C16H24N2O2. The maximum atomic E-state index is 12.0. The molecule has 1 heterocycles. The van der Waals surface area contributed by atoms with Gasteiger partial charge in [0, 0.05) is 13.1 Å². The van der Waals surface area contributed by atoms with Crippen molar-refractivity contribution in [3.05, 3.63) is 29.3 Å². The zero-order valence-corrected chi connectivity index (χ0v) is 12.4. The number of hydrogen-bond acceptors (Lipinski definition) is 3. The Kier molecular flexibility index (Phi) is 5.01. The summed E-state index contributed by atoms with van der Waals surface area (Å²) in [5.41, 5.74) is 8.09. The van der Waals surface area contributed by atoms with Crippen molar-refractivity contribution in [2.75, 3.05) is 26.2 Å². The summed E-state index contributed by atoms with van der Waals surface area (Å²) in [5, 5.41) is 0. The molecule has 0 aromatic heterocycles. The number of benzene rings is 1. The van der Waals surface area contributed by atoms with Crippen molar-refractivity contribution in [1.82, 2.24) is 4.90 Å². The molecule has 2 rings (SSSR count). The lowest BCUT2D eigenvalue weighted by atomic mass is 10.1. The van der Waals surface area contributed by atoms with Gasteiger partial charge in [-0.05, 0) is 56.0 Å². The topological polar surface area (TPSA) is 55.6 Å². The summed E-state index contributed by atoms with van der Waals surface area (Å²) in [5.74, 6) is 1.48. The second-order valence-corrected chi connectivity index (χ2v) is 5.57. The van der Waals surface area contributed by atoms with Gasteiger partial charge in [0.1, 0.15) is 5.75 Å². The molecule has 110 valence electrons. The van der Waals surface area contributed by atoms with Crippen molar-refractivity contribution >= 4 is 5.91 Å². The van der Waals surface area contributed by atoms with Crippen molar-refractivity contribution in [2.45, 2.75) is 26.7 Å². The summed E-state index contributed by atoms with van der Waals surface area (Å²) >= 11 is 0. The van der Waals surface area contributed by atoms with Crippen LogP contribution in [0.15, 0.2) is 18.2 Å². The molecule has 1 atom stereocenters. The minimum absolute atomic E-state index is 0.171. The normalized spacial score (nSPS) is 18.4. The first kappa shape index (κ1) is 14.9. The lowest BCUT2D eigenvalue weighted by Gasteiger charge is -2.16. The molecular weight excluding hydrogens is 252 g/mol. The number of carbonyl (C=O) groups is 1. The van der Waals surface area contributed by atoms with Crippen molar-refractivity contribution in [2.24, 2.45) is 11.7 Å². The van der Waals surface area contributed by atoms with Crippen molar-refractivity contribution in [3.63, 3.8) is 0 Å². The van der Waals surface area contributed by atoms with E-state index in [1.54, 1.807) is 0 Å². The molecule has 0 spiro atoms. The van der Waals surface area contributed by atoms with E-state index in [4.69, 9.17) is 10.5 Å². The summed E-state index contributed by atoms with van der Waals surface area (Å²) in [6.07, 6.45) is 1.46. The van der Waals surface area contributed by atoms with Crippen LogP contribution in [-0.4, -0.2) is 37.0 Å². The van der Waals surface area contributed by atoms with Crippen LogP contribution < -0.4 is 10.5 Å². The van der Waals surface area contributed by atoms with Crippen LogP contribution in [0.5, 0.6) is 5.75 Å². The molecule has 1 aromatic rings. The maximum Gasteiger partial charge on any atom is 0.226 e. The second-order valence-electron chi connectivity index (χ2n) is 5.57. The van der Waals surface area contributed by atoms with Gasteiger partial charge in [-0.1, -0.05) is 6.07 Å². The van der Waals surface area contributed by atoms with E-state index in [-0.39, 0.29) is 5.91 Å². The summed E-state index contributed by atoms with van der Waals surface area (Å²) < 4.78 is 5.65. The van der Waals surface area contributed by atoms with Crippen LogP contribution in [0.4, 0.5) is 0 Å². The van der Waals surface area contributed by atoms with Gasteiger partial charge < -0.3 is 15.4 Å². The van der Waals surface area contributed by atoms with Crippen LogP contribution in [0.3, 0.4) is 0 Å². The van der Waals surface area contributed by atoms with E-state index in [9.17, 15) is 4.79 Å². The Morgan fingerprint density at radius 1 is 1.40 bits per heavy atom. The monoisotopic (exact) mass is 276 g/mol. The molecule has 1 aliphatic rings. The third-order valence-electron chi connectivity index (χ3n) is 4.03. The van der Waals surface area contributed by atoms with Crippen molar-refractivity contribution in [3.8, 4) is 5.75 Å². The molecule has 1 amide bonds. The van der Waals surface area contributed by atoms with E-state index in [2.05, 4.69) is 13.8 Å². The summed E-state index contributed by atoms with van der Waals surface area (Å²) in [4.78, 5) is 13.9. The molecule has 1 aromatic carbocycles. The van der Waals surface area contributed by atoms with Crippen molar-refractivity contribution in [1.29, 1.82) is 0 Å². The van der Waals surface area contributed by atoms with Gasteiger partial charge in [-0.25, -0.2) is 0 Å². The molecule has 4 nitrogen and oxygen atoms in total. The van der Waals surface area contributed by atoms with Gasteiger partial charge in [0.2, 0.25) is 5.91 Å². The Bertz CT molecular complexity index is 474. The zero-order chi connectivity index (χ0) is 14.5. The van der Waals surface area contributed by atoms with Crippen LogP contribution in [0, 0.1) is 19.8 Å². The Morgan fingerprint density at radius 2 is 2.20 bits per heavy atom. The third-order valence-corrected chi connectivity index (χ3v) is 4.03. The molecule has 1 unspecified atom stereocenters. The molecule has 1 fully saturated rings. The number of aryl methyl sites for hydroxylation is 2. The number of amides is 1. The molecule has 2 N–H and O–H groups in total. The highest BCUT2D eigenvalue weighted by molar-refractivity contribution is 5.76. The predicted octanol–water partition coefficient (Wildman–Crippen LogP) is 1.88. The zero-order valence-electron chi connectivity index (χ0n) is 12.4. The molecule has 0 bridgehead atoms. The number of likely N-dealkylation sites (tertiary alicyclic amines) is 1. The van der Waals surface area contributed by atoms with E-state index in [1.807, 2.05) is 23.1 Å². The highest BCUT2D eigenvalue weighted by Crippen LogP contribution is 2.18. The Balaban J connectivity index is 1.75. The molecule has 0 aliphatic carbocycles. The average Bonchev–Trinajstić information content (AvgIpc) is 2.91. The first-order valence-corrected chi connectivity index (χ1v) is 7.28. The largest absolute Gasteiger partial charge is 0.493 e. The minimum Gasteiger partial charge on any atom is -0.493 e. The highest BCUT2D eigenvalue weighted by Gasteiger charge is 2.24. The Labute approximate surface area is 120 Å². The highest BCUT2D eigenvalue weighted by atomic mass is 16.5. The fourth-order valence-corrected chi connectivity index (χ4v) is 2.47. The van der Waals surface area contributed by atoms with Gasteiger partial charge in [0.05, 0.1) is 13.0 Å². The fourth-order valence-electron chi connectivity index (χ4n) is 2.47. The standard InChI is InChI=1S/C16H24N2O2/c1-12-3-4-15(9-13(12)2)20-8-6-16(19)18-7-5-14(10-17)11-18/h3-4,9,14H,5-8,10-11,17H2,1-2H3. The van der Waals surface area contributed by atoms with Crippen LogP contribution >= 0.6 is 0 Å². The fraction of sp³-hybridized carbons (Fsp3) is 0.562. The molecule has 20 heavy (non-hydrogen) atoms. The summed E-state index contributed by atoms with van der Waals surface area (Å²) in [6, 6.07) is 6.01. The van der Waals surface area contributed by atoms with E-state index >= 15 is 0 Å². The number of ether oxygens (including phenoxy) is 1. The van der Waals surface area contributed by atoms with Gasteiger partial charge >= 0.3 is 0 Å². The van der Waals surface area contributed by atoms with E-state index in [0.29, 0.717) is 25.5 Å². The minimum atomic E-state index is 0.171. The van der Waals surface area contributed by atoms with Crippen LogP contribution in [0.1, 0.15) is 24.0 Å². The van der Waals surface area contributed by atoms with Gasteiger partial charge in [0.25, 0.3) is 0 Å². The maximum absolute atomic E-state index is 12.0. The second kappa shape index (κ2) is 6.75. The molecule has 4 heteroatoms. The smallest absolute Gasteiger partial charge is 0.226 e. The Morgan fingerprint density at radius 3 is 2.85 bits per heavy atom. The first-order valence-electron chi connectivity index (χ1n) is 7.28. The Hall–Kier alpha value is -1.55. The lowest BCUT2D eigenvalue weighted by Crippen LogP contribution is -2.30. The average molecular weight is 276 g/mol. The first-order chi connectivity index (χ1) is 9.60. The molecule has 0 saturated carbocycles. The number of rotatable bonds is 5. The van der Waals surface area contributed by atoms with Crippen LogP contribution in [0.25, 0.3) is 0 Å². The number of carbonyl (C=O) groups excluding carboxylic acids is 1. The summed E-state index contributed by atoms with van der Waals surface area (Å²) in [7, 11) is 0.